The van der Waals surface area contributed by atoms with E-state index in [9.17, 15) is 14.9 Å². The normalized spacial score (nSPS) is 9.86. The Labute approximate surface area is 131 Å². The Morgan fingerprint density at radius 3 is 2.59 bits per heavy atom. The molecule has 2 N–H and O–H groups in total. The van der Waals surface area contributed by atoms with Gasteiger partial charge in [-0.05, 0) is 36.8 Å². The summed E-state index contributed by atoms with van der Waals surface area (Å²) < 4.78 is 0. The van der Waals surface area contributed by atoms with Crippen molar-refractivity contribution < 1.29 is 9.72 Å². The summed E-state index contributed by atoms with van der Waals surface area (Å²) in [4.78, 5) is 25.9. The standard InChI is InChI=1S/C14H12N4O3S/c1-9-4-2-3-5-11(9)13(19)17-14(22)16-12-7-6-10(8-15-12)18(20)21/h2-8H,1H3,(H2,15,16,17,19,22). The molecule has 112 valence electrons. The fraction of sp³-hybridized carbons (Fsp3) is 0.0714. The van der Waals surface area contributed by atoms with Gasteiger partial charge < -0.3 is 5.32 Å². The predicted molar refractivity (Wildman–Crippen MR) is 85.8 cm³/mol. The molecule has 1 amide bonds. The maximum Gasteiger partial charge on any atom is 0.287 e. The van der Waals surface area contributed by atoms with Gasteiger partial charge in [0, 0.05) is 11.6 Å². The smallest absolute Gasteiger partial charge is 0.287 e. The first-order valence-corrected chi connectivity index (χ1v) is 6.66. The van der Waals surface area contributed by atoms with Crippen LogP contribution in [0.15, 0.2) is 42.6 Å². The molecule has 0 aliphatic rings. The number of hydrogen-bond donors (Lipinski definition) is 2. The van der Waals surface area contributed by atoms with Gasteiger partial charge >= 0.3 is 0 Å². The lowest BCUT2D eigenvalue weighted by molar-refractivity contribution is -0.385. The first-order valence-electron chi connectivity index (χ1n) is 6.26. The average Bonchev–Trinajstić information content (AvgIpc) is 2.48. The molecule has 0 unspecified atom stereocenters. The summed E-state index contributed by atoms with van der Waals surface area (Å²) >= 11 is 5.02. The monoisotopic (exact) mass is 316 g/mol. The van der Waals surface area contributed by atoms with Crippen molar-refractivity contribution in [2.45, 2.75) is 6.92 Å². The van der Waals surface area contributed by atoms with Gasteiger partial charge in [0.1, 0.15) is 12.0 Å². The van der Waals surface area contributed by atoms with E-state index in [1.807, 2.05) is 19.1 Å². The van der Waals surface area contributed by atoms with Crippen LogP contribution >= 0.6 is 12.2 Å². The van der Waals surface area contributed by atoms with Gasteiger partial charge in [-0.2, -0.15) is 0 Å². The lowest BCUT2D eigenvalue weighted by Crippen LogP contribution is -2.34. The number of carbonyl (C=O) groups is 1. The van der Waals surface area contributed by atoms with Crippen LogP contribution in [0.2, 0.25) is 0 Å². The number of hydrogen-bond acceptors (Lipinski definition) is 5. The third-order valence-corrected chi connectivity index (χ3v) is 3.02. The van der Waals surface area contributed by atoms with Crippen molar-refractivity contribution in [1.29, 1.82) is 0 Å². The number of benzene rings is 1. The number of nitrogens with one attached hydrogen (secondary N) is 2. The molecule has 0 saturated carbocycles. The second kappa shape index (κ2) is 6.72. The van der Waals surface area contributed by atoms with Crippen LogP contribution in [0.4, 0.5) is 11.5 Å². The van der Waals surface area contributed by atoms with E-state index in [1.165, 1.54) is 12.1 Å². The highest BCUT2D eigenvalue weighted by atomic mass is 32.1. The molecule has 0 radical (unpaired) electrons. The summed E-state index contributed by atoms with van der Waals surface area (Å²) in [5.41, 5.74) is 1.22. The Kier molecular flexibility index (Phi) is 4.74. The van der Waals surface area contributed by atoms with Gasteiger partial charge in [0.15, 0.2) is 5.11 Å². The van der Waals surface area contributed by atoms with Gasteiger partial charge in [0.05, 0.1) is 4.92 Å². The Hall–Kier alpha value is -2.87. The number of rotatable bonds is 3. The largest absolute Gasteiger partial charge is 0.317 e. The molecule has 2 rings (SSSR count). The van der Waals surface area contributed by atoms with E-state index in [0.29, 0.717) is 11.4 Å². The van der Waals surface area contributed by atoms with Crippen LogP contribution in [-0.4, -0.2) is 20.9 Å². The van der Waals surface area contributed by atoms with Crippen LogP contribution in [0, 0.1) is 17.0 Å². The van der Waals surface area contributed by atoms with Crippen LogP contribution in [0.1, 0.15) is 15.9 Å². The summed E-state index contributed by atoms with van der Waals surface area (Å²) in [6, 6.07) is 9.81. The van der Waals surface area contributed by atoms with Crippen molar-refractivity contribution in [3.8, 4) is 0 Å². The molecule has 7 nitrogen and oxygen atoms in total. The van der Waals surface area contributed by atoms with E-state index in [1.54, 1.807) is 12.1 Å². The second-order valence-corrected chi connectivity index (χ2v) is 4.79. The SMILES string of the molecule is Cc1ccccc1C(=O)NC(=S)Nc1ccc([N+](=O)[O-])cn1. The fourth-order valence-corrected chi connectivity index (χ4v) is 1.91. The summed E-state index contributed by atoms with van der Waals surface area (Å²) in [5.74, 6) is -0.0294. The van der Waals surface area contributed by atoms with Crippen molar-refractivity contribution in [2.24, 2.45) is 0 Å². The Morgan fingerprint density at radius 1 is 1.27 bits per heavy atom. The fourth-order valence-electron chi connectivity index (χ4n) is 1.71. The number of nitro groups is 1. The van der Waals surface area contributed by atoms with Gasteiger partial charge in [-0.25, -0.2) is 4.98 Å². The van der Waals surface area contributed by atoms with Crippen molar-refractivity contribution in [3.05, 3.63) is 63.8 Å². The second-order valence-electron chi connectivity index (χ2n) is 4.38. The molecule has 0 aliphatic heterocycles. The van der Waals surface area contributed by atoms with Gasteiger partial charge in [0.25, 0.3) is 11.6 Å². The van der Waals surface area contributed by atoms with Gasteiger partial charge in [0.2, 0.25) is 0 Å². The molecular formula is C14H12N4O3S. The van der Waals surface area contributed by atoms with Gasteiger partial charge in [-0.1, -0.05) is 18.2 Å². The molecule has 8 heteroatoms. The molecule has 22 heavy (non-hydrogen) atoms. The first-order chi connectivity index (χ1) is 10.5. The highest BCUT2D eigenvalue weighted by Gasteiger charge is 2.11. The average molecular weight is 316 g/mol. The molecule has 0 spiro atoms. The maximum atomic E-state index is 12.1. The third-order valence-electron chi connectivity index (χ3n) is 2.82. The predicted octanol–water partition coefficient (Wildman–Crippen LogP) is 2.43. The number of thiocarbonyl (C=S) groups is 1. The molecule has 1 aromatic heterocycles. The number of aryl methyl sites for hydroxylation is 1. The van der Waals surface area contributed by atoms with Crippen LogP contribution in [0.5, 0.6) is 0 Å². The molecule has 1 heterocycles. The number of aromatic nitrogens is 1. The Bertz CT molecular complexity index is 731. The maximum absolute atomic E-state index is 12.1. The number of carbonyl (C=O) groups excluding carboxylic acids is 1. The molecule has 1 aromatic carbocycles. The van der Waals surface area contributed by atoms with E-state index in [4.69, 9.17) is 12.2 Å². The van der Waals surface area contributed by atoms with Crippen molar-refractivity contribution in [2.75, 3.05) is 5.32 Å². The Balaban J connectivity index is 1.99. The Morgan fingerprint density at radius 2 is 2.00 bits per heavy atom. The highest BCUT2D eigenvalue weighted by molar-refractivity contribution is 7.80. The van der Waals surface area contributed by atoms with Crippen molar-refractivity contribution in [1.82, 2.24) is 10.3 Å². The molecular weight excluding hydrogens is 304 g/mol. The zero-order chi connectivity index (χ0) is 16.1. The minimum atomic E-state index is -0.547. The minimum absolute atomic E-state index is 0.0645. The first kappa shape index (κ1) is 15.5. The number of pyridine rings is 1. The highest BCUT2D eigenvalue weighted by Crippen LogP contribution is 2.12. The summed E-state index contributed by atoms with van der Waals surface area (Å²) in [7, 11) is 0. The van der Waals surface area contributed by atoms with Crippen LogP contribution in [-0.2, 0) is 0 Å². The zero-order valence-electron chi connectivity index (χ0n) is 11.6. The minimum Gasteiger partial charge on any atom is -0.317 e. The molecule has 0 saturated heterocycles. The van der Waals surface area contributed by atoms with Crippen molar-refractivity contribution in [3.63, 3.8) is 0 Å². The molecule has 2 aromatic rings. The van der Waals surface area contributed by atoms with Crippen LogP contribution in [0.25, 0.3) is 0 Å². The molecule has 0 bridgehead atoms. The van der Waals surface area contributed by atoms with E-state index in [-0.39, 0.29) is 16.7 Å². The van der Waals surface area contributed by atoms with Gasteiger partial charge in [-0.3, -0.25) is 20.2 Å². The van der Waals surface area contributed by atoms with Crippen LogP contribution < -0.4 is 10.6 Å². The van der Waals surface area contributed by atoms with Crippen molar-refractivity contribution >= 4 is 34.7 Å². The topological polar surface area (TPSA) is 97.2 Å². The summed E-state index contributed by atoms with van der Waals surface area (Å²) in [5, 5.41) is 15.8. The van der Waals surface area contributed by atoms with E-state index in [2.05, 4.69) is 15.6 Å². The lowest BCUT2D eigenvalue weighted by Gasteiger charge is -2.10. The third kappa shape index (κ3) is 3.83. The zero-order valence-corrected chi connectivity index (χ0v) is 12.4. The quantitative estimate of drug-likeness (QED) is 0.513. The lowest BCUT2D eigenvalue weighted by atomic mass is 10.1. The van der Waals surface area contributed by atoms with Gasteiger partial charge in [-0.15, -0.1) is 0 Å². The number of anilines is 1. The molecule has 0 fully saturated rings. The number of amides is 1. The molecule has 0 aliphatic carbocycles. The summed E-state index contributed by atoms with van der Waals surface area (Å²) in [6.07, 6.45) is 1.11. The van der Waals surface area contributed by atoms with E-state index >= 15 is 0 Å². The van der Waals surface area contributed by atoms with E-state index in [0.717, 1.165) is 11.8 Å². The number of nitrogens with zero attached hydrogens (tertiary/aromatic N) is 2. The summed E-state index contributed by atoms with van der Waals surface area (Å²) in [6.45, 7) is 1.82. The molecule has 0 atom stereocenters. The van der Waals surface area contributed by atoms with Crippen LogP contribution in [0.3, 0.4) is 0 Å². The van der Waals surface area contributed by atoms with E-state index < -0.39 is 4.92 Å².